The van der Waals surface area contributed by atoms with Crippen LogP contribution in [0.5, 0.6) is 0 Å². The van der Waals surface area contributed by atoms with Crippen molar-refractivity contribution in [3.05, 3.63) is 17.0 Å². The van der Waals surface area contributed by atoms with Crippen molar-refractivity contribution in [1.29, 1.82) is 0 Å². The lowest BCUT2D eigenvalue weighted by atomic mass is 9.82. The van der Waals surface area contributed by atoms with Gasteiger partial charge in [0.1, 0.15) is 0 Å². The molecule has 3 heteroatoms. The highest BCUT2D eigenvalue weighted by molar-refractivity contribution is 5.34. The summed E-state index contributed by atoms with van der Waals surface area (Å²) >= 11 is 0. The Morgan fingerprint density at radius 2 is 2.14 bits per heavy atom. The minimum absolute atomic E-state index is 0.0963. The monoisotopic (exact) mass is 193 g/mol. The van der Waals surface area contributed by atoms with Crippen LogP contribution in [0.25, 0.3) is 0 Å². The van der Waals surface area contributed by atoms with Crippen LogP contribution in [0.4, 0.5) is 0 Å². The van der Waals surface area contributed by atoms with Gasteiger partial charge in [-0.15, -0.1) is 0 Å². The number of nitrogens with two attached hydrogens (primary N) is 1. The molecule has 0 spiro atoms. The van der Waals surface area contributed by atoms with Gasteiger partial charge in [-0.3, -0.25) is 5.10 Å². The molecule has 0 fully saturated rings. The summed E-state index contributed by atoms with van der Waals surface area (Å²) in [4.78, 5) is 0. The summed E-state index contributed by atoms with van der Waals surface area (Å²) in [7, 11) is 0. The lowest BCUT2D eigenvalue weighted by molar-refractivity contribution is 0.524. The molecule has 1 unspecified atom stereocenters. The van der Waals surface area contributed by atoms with Gasteiger partial charge in [-0.2, -0.15) is 5.10 Å². The summed E-state index contributed by atoms with van der Waals surface area (Å²) < 4.78 is 0. The van der Waals surface area contributed by atoms with Gasteiger partial charge in [0.2, 0.25) is 0 Å². The Balaban J connectivity index is 2.49. The Bertz CT molecular complexity index is 333. The van der Waals surface area contributed by atoms with Gasteiger partial charge in [0.05, 0.1) is 5.69 Å². The number of hydrogen-bond acceptors (Lipinski definition) is 2. The lowest BCUT2D eigenvalue weighted by Crippen LogP contribution is -2.22. The van der Waals surface area contributed by atoms with Crippen molar-refractivity contribution >= 4 is 0 Å². The number of rotatable bonds is 0. The maximum Gasteiger partial charge on any atom is 0.0726 e. The van der Waals surface area contributed by atoms with Gasteiger partial charge in [0, 0.05) is 22.7 Å². The molecule has 0 bridgehead atoms. The first-order valence-corrected chi connectivity index (χ1v) is 5.33. The summed E-state index contributed by atoms with van der Waals surface area (Å²) in [6.45, 7) is 6.56. The van der Waals surface area contributed by atoms with Crippen molar-refractivity contribution in [3.63, 3.8) is 0 Å². The second-order valence-corrected chi connectivity index (χ2v) is 5.21. The van der Waals surface area contributed by atoms with E-state index in [9.17, 15) is 0 Å². The zero-order valence-corrected chi connectivity index (χ0v) is 9.22. The average Bonchev–Trinajstić information content (AvgIpc) is 2.47. The van der Waals surface area contributed by atoms with Crippen LogP contribution in [0.1, 0.15) is 56.6 Å². The molecule has 1 aliphatic carbocycles. The van der Waals surface area contributed by atoms with Crippen LogP contribution in [0.15, 0.2) is 0 Å². The Labute approximate surface area is 85.1 Å². The van der Waals surface area contributed by atoms with E-state index < -0.39 is 0 Å². The van der Waals surface area contributed by atoms with E-state index in [1.54, 1.807) is 0 Å². The molecule has 1 aromatic heterocycles. The lowest BCUT2D eigenvalue weighted by Gasteiger charge is -2.24. The molecule has 0 saturated heterocycles. The number of nitrogens with zero attached hydrogens (tertiary/aromatic N) is 1. The molecular weight excluding hydrogens is 174 g/mol. The van der Waals surface area contributed by atoms with Crippen molar-refractivity contribution in [2.24, 2.45) is 5.73 Å². The SMILES string of the molecule is CC(C)(C)c1n[nH]c2c1C(N)CCC2. The summed E-state index contributed by atoms with van der Waals surface area (Å²) in [5.74, 6) is 0. The number of H-pyrrole nitrogens is 1. The maximum absolute atomic E-state index is 6.13. The third-order valence-corrected chi connectivity index (χ3v) is 2.91. The molecule has 1 aromatic rings. The van der Waals surface area contributed by atoms with Crippen molar-refractivity contribution in [3.8, 4) is 0 Å². The minimum Gasteiger partial charge on any atom is -0.324 e. The highest BCUT2D eigenvalue weighted by Gasteiger charge is 2.29. The molecule has 0 radical (unpaired) electrons. The van der Waals surface area contributed by atoms with E-state index in [1.807, 2.05) is 0 Å². The zero-order chi connectivity index (χ0) is 10.3. The van der Waals surface area contributed by atoms with Gasteiger partial charge >= 0.3 is 0 Å². The van der Waals surface area contributed by atoms with Gasteiger partial charge in [-0.25, -0.2) is 0 Å². The van der Waals surface area contributed by atoms with Crippen molar-refractivity contribution in [2.45, 2.75) is 51.5 Å². The van der Waals surface area contributed by atoms with Crippen LogP contribution in [-0.2, 0) is 11.8 Å². The fourth-order valence-corrected chi connectivity index (χ4v) is 2.19. The molecule has 0 aromatic carbocycles. The molecule has 3 nitrogen and oxygen atoms in total. The third kappa shape index (κ3) is 1.46. The Morgan fingerprint density at radius 3 is 2.79 bits per heavy atom. The standard InChI is InChI=1S/C11H19N3/c1-11(2,3)10-9-7(12)5-4-6-8(9)13-14-10/h7H,4-6,12H2,1-3H3,(H,13,14). The molecule has 1 aliphatic rings. The summed E-state index contributed by atoms with van der Waals surface area (Å²) in [6, 6.07) is 0.187. The smallest absolute Gasteiger partial charge is 0.0726 e. The van der Waals surface area contributed by atoms with E-state index in [0.717, 1.165) is 18.5 Å². The Morgan fingerprint density at radius 1 is 1.43 bits per heavy atom. The maximum atomic E-state index is 6.13. The number of fused-ring (bicyclic) bond motifs is 1. The number of aryl methyl sites for hydroxylation is 1. The highest BCUT2D eigenvalue weighted by Crippen LogP contribution is 2.34. The molecule has 14 heavy (non-hydrogen) atoms. The van der Waals surface area contributed by atoms with Gasteiger partial charge in [-0.1, -0.05) is 20.8 Å². The quantitative estimate of drug-likeness (QED) is 0.662. The first-order valence-electron chi connectivity index (χ1n) is 5.33. The first-order chi connectivity index (χ1) is 6.50. The van der Waals surface area contributed by atoms with Crippen LogP contribution < -0.4 is 5.73 Å². The van der Waals surface area contributed by atoms with Crippen molar-refractivity contribution in [1.82, 2.24) is 10.2 Å². The van der Waals surface area contributed by atoms with Gasteiger partial charge in [0.25, 0.3) is 0 Å². The van der Waals surface area contributed by atoms with E-state index in [2.05, 4.69) is 31.0 Å². The van der Waals surface area contributed by atoms with Crippen LogP contribution in [0.2, 0.25) is 0 Å². The van der Waals surface area contributed by atoms with Crippen molar-refractivity contribution < 1.29 is 0 Å². The second-order valence-electron chi connectivity index (χ2n) is 5.21. The van der Waals surface area contributed by atoms with E-state index in [4.69, 9.17) is 5.73 Å². The summed E-state index contributed by atoms with van der Waals surface area (Å²) in [5, 5.41) is 7.55. The Kier molecular flexibility index (Phi) is 2.14. The fraction of sp³-hybridized carbons (Fsp3) is 0.727. The second kappa shape index (κ2) is 3.09. The first kappa shape index (κ1) is 9.71. The number of nitrogens with one attached hydrogen (secondary N) is 1. The summed E-state index contributed by atoms with van der Waals surface area (Å²) in [6.07, 6.45) is 3.38. The zero-order valence-electron chi connectivity index (χ0n) is 9.22. The summed E-state index contributed by atoms with van der Waals surface area (Å²) in [5.41, 5.74) is 9.92. The number of aromatic nitrogens is 2. The molecule has 0 aliphatic heterocycles. The minimum atomic E-state index is 0.0963. The van der Waals surface area contributed by atoms with Crippen molar-refractivity contribution in [2.75, 3.05) is 0 Å². The van der Waals surface area contributed by atoms with E-state index in [-0.39, 0.29) is 11.5 Å². The van der Waals surface area contributed by atoms with Crippen LogP contribution in [0.3, 0.4) is 0 Å². The van der Waals surface area contributed by atoms with Gasteiger partial charge in [0.15, 0.2) is 0 Å². The topological polar surface area (TPSA) is 54.7 Å². The van der Waals surface area contributed by atoms with E-state index in [1.165, 1.54) is 17.7 Å². The Hall–Kier alpha value is -0.830. The third-order valence-electron chi connectivity index (χ3n) is 2.91. The van der Waals surface area contributed by atoms with Gasteiger partial charge < -0.3 is 5.73 Å². The van der Waals surface area contributed by atoms with Gasteiger partial charge in [-0.05, 0) is 19.3 Å². The molecule has 2 rings (SSSR count). The number of aromatic amines is 1. The molecule has 78 valence electrons. The van der Waals surface area contributed by atoms with E-state index in [0.29, 0.717) is 0 Å². The highest BCUT2D eigenvalue weighted by atomic mass is 15.1. The normalized spacial score (nSPS) is 22.1. The molecule has 3 N–H and O–H groups in total. The predicted molar refractivity (Wildman–Crippen MR) is 57.2 cm³/mol. The fourth-order valence-electron chi connectivity index (χ4n) is 2.19. The molecular formula is C11H19N3. The average molecular weight is 193 g/mol. The predicted octanol–water partition coefficient (Wildman–Crippen LogP) is 2.04. The van der Waals surface area contributed by atoms with Crippen LogP contribution >= 0.6 is 0 Å². The number of hydrogen-bond donors (Lipinski definition) is 2. The molecule has 1 atom stereocenters. The molecule has 0 saturated carbocycles. The molecule has 0 amide bonds. The molecule has 1 heterocycles. The van der Waals surface area contributed by atoms with E-state index >= 15 is 0 Å². The van der Waals surface area contributed by atoms with Crippen LogP contribution in [0, 0.1) is 0 Å². The van der Waals surface area contributed by atoms with Crippen LogP contribution in [-0.4, -0.2) is 10.2 Å². The largest absolute Gasteiger partial charge is 0.324 e.